The van der Waals surface area contributed by atoms with Gasteiger partial charge in [0.2, 0.25) is 0 Å². The van der Waals surface area contributed by atoms with Crippen molar-refractivity contribution in [3.8, 4) is 28.1 Å². The number of carboxylic acids is 1. The fraction of sp³-hybridized carbons (Fsp3) is 0.500. The van der Waals surface area contributed by atoms with E-state index in [9.17, 15) is 14.7 Å². The van der Waals surface area contributed by atoms with Gasteiger partial charge in [-0.25, -0.2) is 4.98 Å². The molecular formula is C38H46N2O4. The molecule has 1 heterocycles. The molecular weight excluding hydrogens is 548 g/mol. The average Bonchev–Trinajstić information content (AvgIpc) is 2.98. The molecule has 1 aromatic heterocycles. The van der Waals surface area contributed by atoms with Crippen LogP contribution in [0.5, 0.6) is 5.75 Å². The third-order valence-corrected chi connectivity index (χ3v) is 10.7. The number of Topliss-reactive ketones (excluding diaryl/α,β-unsaturated/α-hetero) is 1. The molecule has 4 bridgehead atoms. The van der Waals surface area contributed by atoms with Crippen molar-refractivity contribution < 1.29 is 19.4 Å². The molecule has 0 amide bonds. The Morgan fingerprint density at radius 3 is 2.25 bits per heavy atom. The summed E-state index contributed by atoms with van der Waals surface area (Å²) >= 11 is 0. The minimum atomic E-state index is -0.977. The molecule has 0 aliphatic heterocycles. The zero-order valence-electron chi connectivity index (χ0n) is 26.8. The number of aliphatic carboxylic acids is 1. The van der Waals surface area contributed by atoms with Crippen LogP contribution in [0.3, 0.4) is 0 Å². The lowest BCUT2D eigenvalue weighted by Gasteiger charge is -2.59. The second kappa shape index (κ2) is 12.1. The van der Waals surface area contributed by atoms with Crippen molar-refractivity contribution in [3.63, 3.8) is 0 Å². The summed E-state index contributed by atoms with van der Waals surface area (Å²) in [5, 5.41) is 10.7. The first kappa shape index (κ1) is 30.5. The Morgan fingerprint density at radius 1 is 0.932 bits per heavy atom. The molecule has 4 fully saturated rings. The summed E-state index contributed by atoms with van der Waals surface area (Å²) in [4.78, 5) is 34.3. The number of rotatable bonds is 11. The number of carbonyl (C=O) groups is 2. The second-order valence-electron chi connectivity index (χ2n) is 14.3. The Morgan fingerprint density at radius 2 is 1.61 bits per heavy atom. The van der Waals surface area contributed by atoms with Crippen LogP contribution in [0.15, 0.2) is 54.6 Å². The summed E-state index contributed by atoms with van der Waals surface area (Å²) in [6, 6.07) is 18.1. The van der Waals surface area contributed by atoms with Gasteiger partial charge in [0.05, 0.1) is 17.7 Å². The topological polar surface area (TPSA) is 79.7 Å². The van der Waals surface area contributed by atoms with Gasteiger partial charge in [-0.2, -0.15) is 0 Å². The van der Waals surface area contributed by atoms with Crippen molar-refractivity contribution >= 4 is 11.8 Å². The van der Waals surface area contributed by atoms with E-state index in [1.165, 1.54) is 6.42 Å². The molecule has 0 spiro atoms. The Bertz CT molecular complexity index is 1530. The van der Waals surface area contributed by atoms with Crippen molar-refractivity contribution in [2.75, 3.05) is 27.2 Å². The van der Waals surface area contributed by atoms with Gasteiger partial charge < -0.3 is 14.7 Å². The van der Waals surface area contributed by atoms with Crippen molar-refractivity contribution in [1.29, 1.82) is 0 Å². The van der Waals surface area contributed by atoms with E-state index in [0.29, 0.717) is 35.7 Å². The number of ether oxygens (including phenoxy) is 1. The first-order valence-corrected chi connectivity index (χ1v) is 16.3. The summed E-state index contributed by atoms with van der Waals surface area (Å²) in [5.41, 5.74) is 5.11. The van der Waals surface area contributed by atoms with E-state index in [-0.39, 0.29) is 24.0 Å². The van der Waals surface area contributed by atoms with Crippen LogP contribution >= 0.6 is 0 Å². The molecule has 4 saturated carbocycles. The third kappa shape index (κ3) is 5.69. The lowest BCUT2D eigenvalue weighted by atomic mass is 9.44. The van der Waals surface area contributed by atoms with Crippen LogP contribution in [0.4, 0.5) is 0 Å². The van der Waals surface area contributed by atoms with E-state index in [0.717, 1.165) is 65.8 Å². The first-order chi connectivity index (χ1) is 21.0. The summed E-state index contributed by atoms with van der Waals surface area (Å²) in [6.07, 6.45) is 5.03. The molecule has 1 atom stereocenters. The number of carboxylic acid groups (broad SMARTS) is 1. The molecule has 0 unspecified atom stereocenters. The van der Waals surface area contributed by atoms with Gasteiger partial charge in [0.25, 0.3) is 0 Å². The standard InChI is InChI=1S/C38H46N2O4/c1-23(21-40(4)5)22-44-35-19-28(11-10-25(35)3)36-32(31-9-7-6-8-24(31)2)12-13-33(39-36)34(41)20-38(37(42)43)29-15-26-14-27(17-29)18-30(38)16-26/h6-13,19,23,26-27,29-30H,14-18,20-22H2,1-5H3,(H,42,43)/t23-,26?,27?,29?,30?,38?/m1/s1. The van der Waals surface area contributed by atoms with Crippen molar-refractivity contribution in [2.24, 2.45) is 35.0 Å². The first-order valence-electron chi connectivity index (χ1n) is 16.3. The summed E-state index contributed by atoms with van der Waals surface area (Å²) in [5.74, 6) is 1.63. The maximum atomic E-state index is 14.1. The smallest absolute Gasteiger partial charge is 0.310 e. The predicted octanol–water partition coefficient (Wildman–Crippen LogP) is 7.71. The number of carbonyl (C=O) groups excluding carboxylic acids is 1. The average molecular weight is 595 g/mol. The lowest BCUT2D eigenvalue weighted by molar-refractivity contribution is -0.177. The highest BCUT2D eigenvalue weighted by atomic mass is 16.5. The van der Waals surface area contributed by atoms with Crippen molar-refractivity contribution in [2.45, 2.75) is 59.3 Å². The van der Waals surface area contributed by atoms with Gasteiger partial charge in [-0.1, -0.05) is 43.3 Å². The van der Waals surface area contributed by atoms with Gasteiger partial charge in [-0.15, -0.1) is 0 Å². The number of aryl methyl sites for hydroxylation is 2. The number of pyridine rings is 1. The monoisotopic (exact) mass is 594 g/mol. The van der Waals surface area contributed by atoms with Crippen molar-refractivity contribution in [1.82, 2.24) is 9.88 Å². The van der Waals surface area contributed by atoms with Gasteiger partial charge >= 0.3 is 5.97 Å². The number of ketones is 1. The summed E-state index contributed by atoms with van der Waals surface area (Å²) in [7, 11) is 4.13. The molecule has 44 heavy (non-hydrogen) atoms. The predicted molar refractivity (Wildman–Crippen MR) is 174 cm³/mol. The normalized spacial score (nSPS) is 26.1. The second-order valence-corrected chi connectivity index (χ2v) is 14.3. The summed E-state index contributed by atoms with van der Waals surface area (Å²) in [6.45, 7) is 7.83. The largest absolute Gasteiger partial charge is 0.493 e. The van der Waals surface area contributed by atoms with Crippen LogP contribution in [0.1, 0.15) is 67.1 Å². The molecule has 0 saturated heterocycles. The van der Waals surface area contributed by atoms with E-state index in [1.54, 1.807) is 6.07 Å². The molecule has 4 aliphatic carbocycles. The Kier molecular flexibility index (Phi) is 8.40. The number of nitrogens with zero attached hydrogens (tertiary/aromatic N) is 2. The minimum Gasteiger partial charge on any atom is -0.493 e. The molecule has 6 heteroatoms. The SMILES string of the molecule is Cc1ccc(-c2nc(C(=O)CC3(C(=O)O)C4CC5CC(C4)CC3C5)ccc2-c2ccccc2C)cc1OC[C@H](C)CN(C)C. The molecule has 4 aliphatic rings. The highest BCUT2D eigenvalue weighted by Crippen LogP contribution is 2.63. The molecule has 6 nitrogen and oxygen atoms in total. The van der Waals surface area contributed by atoms with Gasteiger partial charge in [-0.3, -0.25) is 9.59 Å². The van der Waals surface area contributed by atoms with Crippen LogP contribution in [-0.2, 0) is 4.79 Å². The molecule has 2 aromatic carbocycles. The van der Waals surface area contributed by atoms with Gasteiger partial charge in [0.1, 0.15) is 11.4 Å². The van der Waals surface area contributed by atoms with Gasteiger partial charge in [0, 0.05) is 30.0 Å². The number of aromatic nitrogens is 1. The van der Waals surface area contributed by atoms with E-state index in [1.807, 2.05) is 43.3 Å². The molecule has 0 radical (unpaired) electrons. The Hall–Kier alpha value is -3.51. The zero-order chi connectivity index (χ0) is 31.2. The lowest BCUT2D eigenvalue weighted by Crippen LogP contribution is -2.57. The van der Waals surface area contributed by atoms with Crippen LogP contribution in [0, 0.1) is 48.9 Å². The van der Waals surface area contributed by atoms with Gasteiger partial charge in [0.15, 0.2) is 5.78 Å². The third-order valence-electron chi connectivity index (χ3n) is 10.7. The fourth-order valence-electron chi connectivity index (χ4n) is 8.83. The molecule has 1 N–H and O–H groups in total. The van der Waals surface area contributed by atoms with Crippen LogP contribution in [0.2, 0.25) is 0 Å². The fourth-order valence-corrected chi connectivity index (χ4v) is 8.83. The Labute approximate surface area is 261 Å². The molecule has 3 aromatic rings. The van der Waals surface area contributed by atoms with Crippen LogP contribution in [0.25, 0.3) is 22.4 Å². The van der Waals surface area contributed by atoms with Crippen LogP contribution < -0.4 is 4.74 Å². The van der Waals surface area contributed by atoms with Crippen molar-refractivity contribution in [3.05, 3.63) is 71.4 Å². The maximum absolute atomic E-state index is 14.1. The van der Waals surface area contributed by atoms with Crippen LogP contribution in [-0.4, -0.2) is 54.0 Å². The quantitative estimate of drug-likeness (QED) is 0.229. The highest BCUT2D eigenvalue weighted by Gasteiger charge is 2.61. The Balaban J connectivity index is 1.36. The van der Waals surface area contributed by atoms with E-state index in [4.69, 9.17) is 9.72 Å². The number of benzene rings is 2. The summed E-state index contributed by atoms with van der Waals surface area (Å²) < 4.78 is 6.32. The zero-order valence-corrected chi connectivity index (χ0v) is 26.8. The van der Waals surface area contributed by atoms with E-state index >= 15 is 0 Å². The van der Waals surface area contributed by atoms with E-state index < -0.39 is 11.4 Å². The highest BCUT2D eigenvalue weighted by molar-refractivity contribution is 5.99. The molecule has 7 rings (SSSR count). The van der Waals surface area contributed by atoms with Gasteiger partial charge in [-0.05, 0) is 119 Å². The number of hydrogen-bond donors (Lipinski definition) is 1. The molecule has 232 valence electrons. The minimum absolute atomic E-state index is 0.0271. The van der Waals surface area contributed by atoms with E-state index in [2.05, 4.69) is 45.0 Å². The maximum Gasteiger partial charge on any atom is 0.310 e. The number of hydrogen-bond acceptors (Lipinski definition) is 5.